The fourth-order valence-corrected chi connectivity index (χ4v) is 3.41. The van der Waals surface area contributed by atoms with E-state index in [1.165, 1.54) is 44.2 Å². The van der Waals surface area contributed by atoms with Crippen LogP contribution in [0.3, 0.4) is 0 Å². The highest BCUT2D eigenvalue weighted by Gasteiger charge is 2.35. The van der Waals surface area contributed by atoms with Crippen molar-refractivity contribution in [2.75, 3.05) is 19.7 Å². The number of ether oxygens (including phenoxy) is 1. The third kappa shape index (κ3) is 2.86. The largest absolute Gasteiger partial charge is 0.372 e. The Morgan fingerprint density at radius 2 is 1.90 bits per heavy atom. The lowest BCUT2D eigenvalue weighted by molar-refractivity contribution is -0.00154. The first kappa shape index (κ1) is 14.0. The van der Waals surface area contributed by atoms with E-state index in [0.717, 1.165) is 6.54 Å². The SMILES string of the molecule is Fc1ccc(C2CNCC3(CCCCC3)CO2)cc1F. The predicted octanol–water partition coefficient (Wildman–Crippen LogP) is 3.58. The zero-order chi connectivity index (χ0) is 14.0. The molecule has 1 spiro atoms. The van der Waals surface area contributed by atoms with Crippen molar-refractivity contribution < 1.29 is 13.5 Å². The summed E-state index contributed by atoms with van der Waals surface area (Å²) in [7, 11) is 0. The van der Waals surface area contributed by atoms with Crippen LogP contribution in [-0.2, 0) is 4.74 Å². The van der Waals surface area contributed by atoms with Crippen molar-refractivity contribution in [2.45, 2.75) is 38.2 Å². The van der Waals surface area contributed by atoms with Crippen molar-refractivity contribution in [1.29, 1.82) is 0 Å². The lowest BCUT2D eigenvalue weighted by Gasteiger charge is -2.35. The van der Waals surface area contributed by atoms with Gasteiger partial charge in [-0.25, -0.2) is 8.78 Å². The van der Waals surface area contributed by atoms with Gasteiger partial charge in [0, 0.05) is 18.5 Å². The minimum atomic E-state index is -0.806. The van der Waals surface area contributed by atoms with E-state index < -0.39 is 11.6 Å². The summed E-state index contributed by atoms with van der Waals surface area (Å²) in [4.78, 5) is 0. The number of rotatable bonds is 1. The Kier molecular flexibility index (Phi) is 4.03. The topological polar surface area (TPSA) is 21.3 Å². The molecule has 2 aliphatic rings. The predicted molar refractivity (Wildman–Crippen MR) is 73.4 cm³/mol. The molecule has 1 aromatic rings. The zero-order valence-corrected chi connectivity index (χ0v) is 11.6. The number of hydrogen-bond acceptors (Lipinski definition) is 2. The van der Waals surface area contributed by atoms with E-state index in [2.05, 4.69) is 5.32 Å². The minimum Gasteiger partial charge on any atom is -0.372 e. The first-order chi connectivity index (χ1) is 9.69. The monoisotopic (exact) mass is 281 g/mol. The second-order valence-electron chi connectivity index (χ2n) is 6.16. The van der Waals surface area contributed by atoms with Crippen molar-refractivity contribution in [3.05, 3.63) is 35.4 Å². The highest BCUT2D eigenvalue weighted by molar-refractivity contribution is 5.21. The molecule has 1 atom stereocenters. The van der Waals surface area contributed by atoms with Gasteiger partial charge in [0.2, 0.25) is 0 Å². The highest BCUT2D eigenvalue weighted by atomic mass is 19.2. The number of benzene rings is 1. The van der Waals surface area contributed by atoms with Gasteiger partial charge in [-0.05, 0) is 30.5 Å². The fraction of sp³-hybridized carbons (Fsp3) is 0.625. The highest BCUT2D eigenvalue weighted by Crippen LogP contribution is 2.38. The van der Waals surface area contributed by atoms with Gasteiger partial charge in [0.15, 0.2) is 11.6 Å². The van der Waals surface area contributed by atoms with E-state index in [4.69, 9.17) is 4.74 Å². The van der Waals surface area contributed by atoms with Crippen LogP contribution in [0.2, 0.25) is 0 Å². The quantitative estimate of drug-likeness (QED) is 0.849. The van der Waals surface area contributed by atoms with Crippen LogP contribution in [0.1, 0.15) is 43.8 Å². The van der Waals surface area contributed by atoms with Crippen LogP contribution in [0.25, 0.3) is 0 Å². The first-order valence-corrected chi connectivity index (χ1v) is 7.46. The zero-order valence-electron chi connectivity index (χ0n) is 11.6. The van der Waals surface area contributed by atoms with Crippen LogP contribution in [0.5, 0.6) is 0 Å². The molecular weight excluding hydrogens is 260 g/mol. The van der Waals surface area contributed by atoms with E-state index in [-0.39, 0.29) is 11.5 Å². The van der Waals surface area contributed by atoms with Crippen LogP contribution in [0.15, 0.2) is 18.2 Å². The smallest absolute Gasteiger partial charge is 0.159 e. The number of hydrogen-bond donors (Lipinski definition) is 1. The summed E-state index contributed by atoms with van der Waals surface area (Å²) in [5.74, 6) is -1.61. The molecule has 0 bridgehead atoms. The van der Waals surface area contributed by atoms with Gasteiger partial charge in [0.1, 0.15) is 0 Å². The Morgan fingerprint density at radius 3 is 2.65 bits per heavy atom. The molecule has 1 heterocycles. The third-order valence-electron chi connectivity index (χ3n) is 4.65. The van der Waals surface area contributed by atoms with Gasteiger partial charge in [-0.15, -0.1) is 0 Å². The molecule has 4 heteroatoms. The maximum Gasteiger partial charge on any atom is 0.159 e. The van der Waals surface area contributed by atoms with Gasteiger partial charge in [-0.2, -0.15) is 0 Å². The van der Waals surface area contributed by atoms with E-state index >= 15 is 0 Å². The Bertz CT molecular complexity index is 472. The lowest BCUT2D eigenvalue weighted by atomic mass is 9.74. The Balaban J connectivity index is 1.71. The van der Waals surface area contributed by atoms with Crippen molar-refractivity contribution in [3.8, 4) is 0 Å². The average Bonchev–Trinajstić information content (AvgIpc) is 2.66. The molecule has 0 amide bonds. The van der Waals surface area contributed by atoms with E-state index in [9.17, 15) is 8.78 Å². The summed E-state index contributed by atoms with van der Waals surface area (Å²) < 4.78 is 32.4. The standard InChI is InChI=1S/C16H21F2NO/c17-13-5-4-12(8-14(13)18)15-9-19-10-16(11-20-15)6-2-1-3-7-16/h4-5,8,15,19H,1-3,6-7,9-11H2. The van der Waals surface area contributed by atoms with E-state index in [0.29, 0.717) is 18.7 Å². The van der Waals surface area contributed by atoms with Gasteiger partial charge < -0.3 is 10.1 Å². The molecule has 0 radical (unpaired) electrons. The van der Waals surface area contributed by atoms with Gasteiger partial charge in [0.25, 0.3) is 0 Å². The third-order valence-corrected chi connectivity index (χ3v) is 4.65. The molecule has 2 nitrogen and oxygen atoms in total. The van der Waals surface area contributed by atoms with E-state index in [1.807, 2.05) is 0 Å². The molecule has 1 saturated carbocycles. The normalized spacial score (nSPS) is 26.4. The van der Waals surface area contributed by atoms with Gasteiger partial charge in [0.05, 0.1) is 12.7 Å². The van der Waals surface area contributed by atoms with Crippen LogP contribution in [-0.4, -0.2) is 19.7 Å². The first-order valence-electron chi connectivity index (χ1n) is 7.46. The van der Waals surface area contributed by atoms with E-state index in [1.54, 1.807) is 6.07 Å². The summed E-state index contributed by atoms with van der Waals surface area (Å²) in [5, 5.41) is 3.45. The average molecular weight is 281 g/mol. The molecule has 1 unspecified atom stereocenters. The van der Waals surface area contributed by atoms with Crippen molar-refractivity contribution in [1.82, 2.24) is 5.32 Å². The summed E-state index contributed by atoms with van der Waals surface area (Å²) in [6.45, 7) is 2.34. The molecule has 1 aliphatic carbocycles. The minimum absolute atomic E-state index is 0.189. The Labute approximate surface area is 118 Å². The summed E-state index contributed by atoms with van der Waals surface area (Å²) in [6.07, 6.45) is 6.05. The molecule has 1 saturated heterocycles. The molecule has 110 valence electrons. The Hall–Kier alpha value is -1.00. The van der Waals surface area contributed by atoms with Crippen LogP contribution >= 0.6 is 0 Å². The molecule has 2 fully saturated rings. The number of nitrogens with one attached hydrogen (secondary N) is 1. The molecule has 0 aromatic heterocycles. The Morgan fingerprint density at radius 1 is 1.10 bits per heavy atom. The maximum absolute atomic E-state index is 13.3. The van der Waals surface area contributed by atoms with Crippen molar-refractivity contribution >= 4 is 0 Å². The summed E-state index contributed by atoms with van der Waals surface area (Å²) in [5.41, 5.74) is 0.954. The fourth-order valence-electron chi connectivity index (χ4n) is 3.41. The van der Waals surface area contributed by atoms with Crippen LogP contribution in [0.4, 0.5) is 8.78 Å². The maximum atomic E-state index is 13.3. The van der Waals surface area contributed by atoms with Crippen LogP contribution in [0, 0.1) is 17.0 Å². The summed E-state index contributed by atoms with van der Waals surface area (Å²) in [6, 6.07) is 4.04. The lowest BCUT2D eigenvalue weighted by Crippen LogP contribution is -2.37. The van der Waals surface area contributed by atoms with Crippen molar-refractivity contribution in [3.63, 3.8) is 0 Å². The van der Waals surface area contributed by atoms with Gasteiger partial charge >= 0.3 is 0 Å². The van der Waals surface area contributed by atoms with Crippen molar-refractivity contribution in [2.24, 2.45) is 5.41 Å². The molecule has 1 N–H and O–H groups in total. The molecule has 20 heavy (non-hydrogen) atoms. The molecule has 1 aromatic carbocycles. The van der Waals surface area contributed by atoms with Gasteiger partial charge in [-0.1, -0.05) is 25.3 Å². The second kappa shape index (κ2) is 5.78. The molecule has 3 rings (SSSR count). The number of halogens is 2. The van der Waals surface area contributed by atoms with Gasteiger partial charge in [-0.3, -0.25) is 0 Å². The summed E-state index contributed by atoms with van der Waals surface area (Å²) >= 11 is 0. The second-order valence-corrected chi connectivity index (χ2v) is 6.16. The van der Waals surface area contributed by atoms with Crippen LogP contribution < -0.4 is 5.32 Å². The molecular formula is C16H21F2NO. The molecule has 1 aliphatic heterocycles.